The largest absolute Gasteiger partial charge is 0.392 e. The zero-order valence-electron chi connectivity index (χ0n) is 14.3. The monoisotopic (exact) mass is 316 g/mol. The van der Waals surface area contributed by atoms with Crippen molar-refractivity contribution in [2.45, 2.75) is 70.1 Å². The standard InChI is InChI=1S/C19H28N2O2/c1-12(14-10-6-8-13-7-4-5-9-15(13)14)21-17(23)19(20)11-16(22)18(19,2)3/h4-5,7,9,12,14,16,22H,6,8,10-11,20H2,1-3H3,(H,21,23)/t12-,14?,16+,19+/m1/s1. The van der Waals surface area contributed by atoms with Crippen LogP contribution in [0.25, 0.3) is 0 Å². The van der Waals surface area contributed by atoms with Crippen molar-refractivity contribution in [3.05, 3.63) is 35.4 Å². The fraction of sp³-hybridized carbons (Fsp3) is 0.632. The maximum Gasteiger partial charge on any atom is 0.241 e. The number of benzene rings is 1. The Morgan fingerprint density at radius 2 is 2.09 bits per heavy atom. The molecule has 1 fully saturated rings. The van der Waals surface area contributed by atoms with Gasteiger partial charge >= 0.3 is 0 Å². The molecule has 1 aromatic carbocycles. The van der Waals surface area contributed by atoms with E-state index < -0.39 is 17.1 Å². The summed E-state index contributed by atoms with van der Waals surface area (Å²) >= 11 is 0. The third-order valence-electron chi connectivity index (χ3n) is 6.28. The molecule has 0 aromatic heterocycles. The van der Waals surface area contributed by atoms with Crippen LogP contribution in [-0.2, 0) is 11.2 Å². The second-order valence-corrected chi connectivity index (χ2v) is 7.87. The van der Waals surface area contributed by atoms with Crippen LogP contribution in [0.2, 0.25) is 0 Å². The van der Waals surface area contributed by atoms with Crippen LogP contribution in [0.1, 0.15) is 57.1 Å². The lowest BCUT2D eigenvalue weighted by Crippen LogP contribution is -2.75. The number of aryl methyl sites for hydroxylation is 1. The molecule has 2 aliphatic carbocycles. The Kier molecular flexibility index (Phi) is 4.01. The minimum absolute atomic E-state index is 0.0397. The van der Waals surface area contributed by atoms with Gasteiger partial charge in [0.1, 0.15) is 5.54 Å². The zero-order chi connectivity index (χ0) is 16.8. The molecule has 4 heteroatoms. The van der Waals surface area contributed by atoms with E-state index in [2.05, 4.69) is 36.5 Å². The predicted molar refractivity (Wildman–Crippen MR) is 91.0 cm³/mol. The third-order valence-corrected chi connectivity index (χ3v) is 6.28. The van der Waals surface area contributed by atoms with Gasteiger partial charge in [0.25, 0.3) is 0 Å². The summed E-state index contributed by atoms with van der Waals surface area (Å²) in [5, 5.41) is 13.0. The SMILES string of the molecule is C[C@@H](NC(=O)[C@@]1(N)C[C@H](O)C1(C)C)C1CCCc2ccccc21. The van der Waals surface area contributed by atoms with E-state index in [0.717, 1.165) is 19.3 Å². The van der Waals surface area contributed by atoms with Crippen molar-refractivity contribution >= 4 is 5.91 Å². The van der Waals surface area contributed by atoms with E-state index in [1.165, 1.54) is 11.1 Å². The highest BCUT2D eigenvalue weighted by atomic mass is 16.3. The molecule has 1 amide bonds. The van der Waals surface area contributed by atoms with Crippen LogP contribution in [0.5, 0.6) is 0 Å². The lowest BCUT2D eigenvalue weighted by atomic mass is 9.54. The number of aliphatic hydroxyl groups is 1. The first-order chi connectivity index (χ1) is 10.8. The van der Waals surface area contributed by atoms with Crippen LogP contribution < -0.4 is 11.1 Å². The van der Waals surface area contributed by atoms with E-state index in [1.807, 2.05) is 13.8 Å². The summed E-state index contributed by atoms with van der Waals surface area (Å²) in [7, 11) is 0. The van der Waals surface area contributed by atoms with Gasteiger partial charge in [-0.1, -0.05) is 38.1 Å². The van der Waals surface area contributed by atoms with E-state index in [1.54, 1.807) is 0 Å². The van der Waals surface area contributed by atoms with Gasteiger partial charge in [-0.3, -0.25) is 4.79 Å². The van der Waals surface area contributed by atoms with Crippen LogP contribution in [0.4, 0.5) is 0 Å². The lowest BCUT2D eigenvalue weighted by Gasteiger charge is -2.56. The van der Waals surface area contributed by atoms with Crippen molar-refractivity contribution in [1.29, 1.82) is 0 Å². The molecular weight excluding hydrogens is 288 g/mol. The number of hydrogen-bond donors (Lipinski definition) is 3. The minimum atomic E-state index is -0.977. The molecule has 4 atom stereocenters. The molecule has 126 valence electrons. The van der Waals surface area contributed by atoms with Gasteiger partial charge in [-0.15, -0.1) is 0 Å². The molecule has 1 aromatic rings. The van der Waals surface area contributed by atoms with E-state index in [9.17, 15) is 9.90 Å². The van der Waals surface area contributed by atoms with Gasteiger partial charge in [0, 0.05) is 23.8 Å². The van der Waals surface area contributed by atoms with Gasteiger partial charge in [-0.25, -0.2) is 0 Å². The Morgan fingerprint density at radius 3 is 2.74 bits per heavy atom. The maximum atomic E-state index is 12.7. The van der Waals surface area contributed by atoms with E-state index in [-0.39, 0.29) is 11.9 Å². The van der Waals surface area contributed by atoms with Gasteiger partial charge in [-0.2, -0.15) is 0 Å². The summed E-state index contributed by atoms with van der Waals surface area (Å²) in [6.45, 7) is 5.79. The highest BCUT2D eigenvalue weighted by molar-refractivity contribution is 5.89. The number of carbonyl (C=O) groups excluding carboxylic acids is 1. The van der Waals surface area contributed by atoms with Crippen molar-refractivity contribution in [3.8, 4) is 0 Å². The number of hydrogen-bond acceptors (Lipinski definition) is 3. The van der Waals surface area contributed by atoms with Gasteiger partial charge in [-0.05, 0) is 37.3 Å². The summed E-state index contributed by atoms with van der Waals surface area (Å²) in [6, 6.07) is 8.56. The molecule has 0 saturated heterocycles. The Morgan fingerprint density at radius 1 is 1.39 bits per heavy atom. The fourth-order valence-electron chi connectivity index (χ4n) is 4.12. The Bertz CT molecular complexity index is 613. The topological polar surface area (TPSA) is 75.4 Å². The molecule has 0 heterocycles. The summed E-state index contributed by atoms with van der Waals surface area (Å²) in [4.78, 5) is 12.7. The van der Waals surface area contributed by atoms with Crippen molar-refractivity contribution < 1.29 is 9.90 Å². The van der Waals surface area contributed by atoms with E-state index in [4.69, 9.17) is 5.73 Å². The highest BCUT2D eigenvalue weighted by Gasteiger charge is 2.62. The van der Waals surface area contributed by atoms with Crippen LogP contribution in [0.15, 0.2) is 24.3 Å². The predicted octanol–water partition coefficient (Wildman–Crippen LogP) is 2.10. The molecule has 0 aliphatic heterocycles. The summed E-state index contributed by atoms with van der Waals surface area (Å²) < 4.78 is 0. The summed E-state index contributed by atoms with van der Waals surface area (Å²) in [5.74, 6) is 0.198. The molecule has 23 heavy (non-hydrogen) atoms. The van der Waals surface area contributed by atoms with Gasteiger partial charge in [0.05, 0.1) is 6.10 Å². The quantitative estimate of drug-likeness (QED) is 0.799. The lowest BCUT2D eigenvalue weighted by molar-refractivity contribution is -0.159. The normalized spacial score (nSPS) is 33.3. The van der Waals surface area contributed by atoms with Crippen molar-refractivity contribution in [1.82, 2.24) is 5.32 Å². The number of nitrogens with two attached hydrogens (primary N) is 1. The second kappa shape index (κ2) is 5.60. The molecule has 4 nitrogen and oxygen atoms in total. The smallest absolute Gasteiger partial charge is 0.241 e. The summed E-state index contributed by atoms with van der Waals surface area (Å²) in [5.41, 5.74) is 7.50. The average molecular weight is 316 g/mol. The highest BCUT2D eigenvalue weighted by Crippen LogP contribution is 2.48. The molecule has 1 unspecified atom stereocenters. The number of amides is 1. The minimum Gasteiger partial charge on any atom is -0.392 e. The molecule has 0 bridgehead atoms. The first-order valence-corrected chi connectivity index (χ1v) is 8.63. The molecular formula is C19H28N2O2. The number of carbonyl (C=O) groups is 1. The summed E-state index contributed by atoms with van der Waals surface area (Å²) in [6.07, 6.45) is 3.18. The van der Waals surface area contributed by atoms with Crippen LogP contribution in [-0.4, -0.2) is 28.7 Å². The van der Waals surface area contributed by atoms with E-state index >= 15 is 0 Å². The Hall–Kier alpha value is -1.39. The van der Waals surface area contributed by atoms with Gasteiger partial charge < -0.3 is 16.2 Å². The first kappa shape index (κ1) is 16.5. The number of fused-ring (bicyclic) bond motifs is 1. The van der Waals surface area contributed by atoms with Crippen molar-refractivity contribution in [2.75, 3.05) is 0 Å². The van der Waals surface area contributed by atoms with Gasteiger partial charge in [0.15, 0.2) is 0 Å². The molecule has 4 N–H and O–H groups in total. The Labute approximate surface area is 138 Å². The first-order valence-electron chi connectivity index (χ1n) is 8.63. The Balaban J connectivity index is 1.73. The van der Waals surface area contributed by atoms with E-state index in [0.29, 0.717) is 12.3 Å². The average Bonchev–Trinajstić information content (AvgIpc) is 2.54. The number of aliphatic hydroxyl groups excluding tert-OH is 1. The third kappa shape index (κ3) is 2.48. The fourth-order valence-corrected chi connectivity index (χ4v) is 4.12. The second-order valence-electron chi connectivity index (χ2n) is 7.87. The zero-order valence-corrected chi connectivity index (χ0v) is 14.3. The molecule has 0 spiro atoms. The van der Waals surface area contributed by atoms with Crippen LogP contribution in [0.3, 0.4) is 0 Å². The van der Waals surface area contributed by atoms with Crippen molar-refractivity contribution in [2.24, 2.45) is 11.1 Å². The molecule has 0 radical (unpaired) electrons. The molecule has 1 saturated carbocycles. The van der Waals surface area contributed by atoms with Crippen LogP contribution >= 0.6 is 0 Å². The number of nitrogens with one attached hydrogen (secondary N) is 1. The van der Waals surface area contributed by atoms with Gasteiger partial charge in [0.2, 0.25) is 5.91 Å². The molecule has 3 rings (SSSR count). The maximum absolute atomic E-state index is 12.7. The number of rotatable bonds is 3. The van der Waals surface area contributed by atoms with Crippen molar-refractivity contribution in [3.63, 3.8) is 0 Å². The van der Waals surface area contributed by atoms with Crippen LogP contribution in [0, 0.1) is 5.41 Å². The molecule has 2 aliphatic rings.